The Hall–Kier alpha value is -2.57. The molecule has 25 heavy (non-hydrogen) atoms. The van der Waals surface area contributed by atoms with Crippen molar-refractivity contribution in [3.8, 4) is 0 Å². The van der Waals surface area contributed by atoms with E-state index in [1.54, 1.807) is 25.6 Å². The zero-order valence-electron chi connectivity index (χ0n) is 14.8. The van der Waals surface area contributed by atoms with E-state index in [1.165, 1.54) is 0 Å². The molecule has 0 aliphatic carbocycles. The molecule has 1 atom stereocenters. The van der Waals surface area contributed by atoms with Gasteiger partial charge >= 0.3 is 0 Å². The average molecular weight is 340 g/mol. The number of carbonyl (C=O) groups is 1. The lowest BCUT2D eigenvalue weighted by molar-refractivity contribution is -0.120. The van der Waals surface area contributed by atoms with Crippen molar-refractivity contribution in [2.75, 3.05) is 25.0 Å². The molecule has 1 amide bonds. The fourth-order valence-electron chi connectivity index (χ4n) is 3.19. The molecule has 0 saturated carbocycles. The molecule has 2 aromatic heterocycles. The van der Waals surface area contributed by atoms with Gasteiger partial charge in [0.1, 0.15) is 11.6 Å². The quantitative estimate of drug-likeness (QED) is 0.891. The Balaban J connectivity index is 1.74. The maximum atomic E-state index is 11.5. The van der Waals surface area contributed by atoms with Gasteiger partial charge in [-0.05, 0) is 32.3 Å². The van der Waals surface area contributed by atoms with Crippen LogP contribution >= 0.6 is 0 Å². The summed E-state index contributed by atoms with van der Waals surface area (Å²) in [7, 11) is 1.65. The number of nitrogens with one attached hydrogen (secondary N) is 1. The summed E-state index contributed by atoms with van der Waals surface area (Å²) in [5, 5.41) is 2.65. The third-order valence-electron chi connectivity index (χ3n) is 4.47. The molecule has 3 rings (SSSR count). The fraction of sp³-hybridized carbons (Fsp3) is 0.500. The van der Waals surface area contributed by atoms with E-state index in [9.17, 15) is 4.79 Å². The highest BCUT2D eigenvalue weighted by atomic mass is 16.1. The first-order valence-corrected chi connectivity index (χ1v) is 8.71. The number of rotatable bonds is 5. The van der Waals surface area contributed by atoms with Crippen molar-refractivity contribution in [2.24, 2.45) is 0 Å². The smallest absolute Gasteiger partial charge is 0.220 e. The Kier molecular flexibility index (Phi) is 5.53. The van der Waals surface area contributed by atoms with Gasteiger partial charge in [-0.25, -0.2) is 15.0 Å². The number of carbonyl (C=O) groups excluding carboxylic acids is 1. The molecule has 2 aromatic rings. The van der Waals surface area contributed by atoms with E-state index >= 15 is 0 Å². The number of aromatic nitrogens is 4. The van der Waals surface area contributed by atoms with Gasteiger partial charge in [-0.15, -0.1) is 0 Å². The molecule has 0 aromatic carbocycles. The molecular formula is C18H24N6O. The van der Waals surface area contributed by atoms with E-state index in [1.807, 2.05) is 13.0 Å². The van der Waals surface area contributed by atoms with E-state index in [0.717, 1.165) is 49.0 Å². The Morgan fingerprint density at radius 2 is 2.24 bits per heavy atom. The highest BCUT2D eigenvalue weighted by Gasteiger charge is 2.25. The van der Waals surface area contributed by atoms with Crippen molar-refractivity contribution < 1.29 is 4.79 Å². The average Bonchev–Trinajstić information content (AvgIpc) is 2.66. The zero-order chi connectivity index (χ0) is 17.6. The lowest BCUT2D eigenvalue weighted by Gasteiger charge is -2.32. The lowest BCUT2D eigenvalue weighted by atomic mass is 9.97. The predicted octanol–water partition coefficient (Wildman–Crippen LogP) is 1.64. The van der Waals surface area contributed by atoms with Crippen LogP contribution in [0, 0.1) is 6.92 Å². The standard InChI is InChI=1S/C18H24N6O/c1-13-10-15(5-6-17(25)19-2)23-18(22-13)14-4-3-9-24(12-14)16-11-20-7-8-21-16/h7-8,10-11,14H,3-6,9,12H2,1-2H3,(H,19,25)/t14-/m0/s1. The van der Waals surface area contributed by atoms with Crippen LogP contribution in [0.15, 0.2) is 24.7 Å². The third-order valence-corrected chi connectivity index (χ3v) is 4.47. The number of hydrogen-bond donors (Lipinski definition) is 1. The van der Waals surface area contributed by atoms with Gasteiger partial charge in [0.2, 0.25) is 5.91 Å². The second-order valence-electron chi connectivity index (χ2n) is 6.38. The first-order chi connectivity index (χ1) is 12.2. The van der Waals surface area contributed by atoms with Crippen molar-refractivity contribution >= 4 is 11.7 Å². The van der Waals surface area contributed by atoms with E-state index < -0.39 is 0 Å². The van der Waals surface area contributed by atoms with Gasteiger partial charge in [-0.1, -0.05) is 0 Å². The van der Waals surface area contributed by atoms with Gasteiger partial charge in [0.15, 0.2) is 0 Å². The maximum absolute atomic E-state index is 11.5. The molecule has 132 valence electrons. The summed E-state index contributed by atoms with van der Waals surface area (Å²) in [5.41, 5.74) is 1.89. The summed E-state index contributed by atoms with van der Waals surface area (Å²) in [4.78, 5) is 31.7. The molecule has 1 fully saturated rings. The number of aryl methyl sites for hydroxylation is 2. The zero-order valence-corrected chi connectivity index (χ0v) is 14.8. The van der Waals surface area contributed by atoms with Crippen LogP contribution in [0.5, 0.6) is 0 Å². The van der Waals surface area contributed by atoms with Crippen molar-refractivity contribution in [1.29, 1.82) is 0 Å². The lowest BCUT2D eigenvalue weighted by Crippen LogP contribution is -2.35. The molecule has 0 bridgehead atoms. The highest BCUT2D eigenvalue weighted by molar-refractivity contribution is 5.75. The predicted molar refractivity (Wildman–Crippen MR) is 95.4 cm³/mol. The van der Waals surface area contributed by atoms with Gasteiger partial charge in [-0.3, -0.25) is 9.78 Å². The molecule has 0 radical (unpaired) electrons. The second kappa shape index (κ2) is 8.00. The van der Waals surface area contributed by atoms with Gasteiger partial charge in [0.25, 0.3) is 0 Å². The highest BCUT2D eigenvalue weighted by Crippen LogP contribution is 2.27. The molecule has 3 heterocycles. The fourth-order valence-corrected chi connectivity index (χ4v) is 3.19. The minimum absolute atomic E-state index is 0.0318. The summed E-state index contributed by atoms with van der Waals surface area (Å²) in [5.74, 6) is 2.08. The van der Waals surface area contributed by atoms with Crippen LogP contribution in [0.4, 0.5) is 5.82 Å². The number of anilines is 1. The Bertz CT molecular complexity index is 721. The Morgan fingerprint density at radius 3 is 3.00 bits per heavy atom. The first kappa shape index (κ1) is 17.3. The van der Waals surface area contributed by atoms with Crippen molar-refractivity contribution in [3.05, 3.63) is 41.9 Å². The summed E-state index contributed by atoms with van der Waals surface area (Å²) in [6.45, 7) is 3.80. The van der Waals surface area contributed by atoms with Crippen molar-refractivity contribution in [2.45, 2.75) is 38.5 Å². The van der Waals surface area contributed by atoms with Crippen molar-refractivity contribution in [3.63, 3.8) is 0 Å². The van der Waals surface area contributed by atoms with Crippen LogP contribution in [-0.4, -0.2) is 46.0 Å². The normalized spacial score (nSPS) is 17.4. The molecule has 1 saturated heterocycles. The summed E-state index contributed by atoms with van der Waals surface area (Å²) in [6, 6.07) is 1.97. The van der Waals surface area contributed by atoms with Crippen LogP contribution < -0.4 is 10.2 Å². The molecule has 1 aliphatic rings. The summed E-state index contributed by atoms with van der Waals surface area (Å²) < 4.78 is 0. The molecule has 1 N–H and O–H groups in total. The number of nitrogens with zero attached hydrogens (tertiary/aromatic N) is 5. The maximum Gasteiger partial charge on any atom is 0.220 e. The van der Waals surface area contributed by atoms with Gasteiger partial charge in [0.05, 0.1) is 6.20 Å². The largest absolute Gasteiger partial charge is 0.359 e. The Morgan fingerprint density at radius 1 is 1.36 bits per heavy atom. The Labute approximate surface area is 147 Å². The molecule has 1 aliphatic heterocycles. The number of amides is 1. The molecule has 0 spiro atoms. The topological polar surface area (TPSA) is 83.9 Å². The second-order valence-corrected chi connectivity index (χ2v) is 6.38. The van der Waals surface area contributed by atoms with E-state index in [-0.39, 0.29) is 11.8 Å². The molecule has 7 heteroatoms. The number of hydrogen-bond acceptors (Lipinski definition) is 6. The van der Waals surface area contributed by atoms with Crippen LogP contribution in [0.3, 0.4) is 0 Å². The molecule has 7 nitrogen and oxygen atoms in total. The van der Waals surface area contributed by atoms with Crippen LogP contribution in [0.25, 0.3) is 0 Å². The summed E-state index contributed by atoms with van der Waals surface area (Å²) >= 11 is 0. The minimum Gasteiger partial charge on any atom is -0.359 e. The minimum atomic E-state index is 0.0318. The molecular weight excluding hydrogens is 316 g/mol. The van der Waals surface area contributed by atoms with Gasteiger partial charge in [0, 0.05) is 56.3 Å². The van der Waals surface area contributed by atoms with Crippen LogP contribution in [-0.2, 0) is 11.2 Å². The van der Waals surface area contributed by atoms with Crippen LogP contribution in [0.1, 0.15) is 42.4 Å². The summed E-state index contributed by atoms with van der Waals surface area (Å²) in [6.07, 6.45) is 8.43. The van der Waals surface area contributed by atoms with Crippen LogP contribution in [0.2, 0.25) is 0 Å². The van der Waals surface area contributed by atoms with Gasteiger partial charge < -0.3 is 10.2 Å². The molecule has 0 unspecified atom stereocenters. The SMILES string of the molecule is CNC(=O)CCc1cc(C)nc([C@H]2CCCN(c3cnccn3)C2)n1. The van der Waals surface area contributed by atoms with E-state index in [4.69, 9.17) is 4.98 Å². The van der Waals surface area contributed by atoms with Crippen molar-refractivity contribution in [1.82, 2.24) is 25.3 Å². The first-order valence-electron chi connectivity index (χ1n) is 8.71. The third kappa shape index (κ3) is 4.49. The van der Waals surface area contributed by atoms with E-state index in [0.29, 0.717) is 12.8 Å². The monoisotopic (exact) mass is 340 g/mol. The number of piperidine rings is 1. The van der Waals surface area contributed by atoms with Gasteiger partial charge in [-0.2, -0.15) is 0 Å². The van der Waals surface area contributed by atoms with E-state index in [2.05, 4.69) is 25.2 Å².